The summed E-state index contributed by atoms with van der Waals surface area (Å²) >= 11 is 5.11. The van der Waals surface area contributed by atoms with Gasteiger partial charge in [0.2, 0.25) is 0 Å². The highest BCUT2D eigenvalue weighted by atomic mass is 32.1. The van der Waals surface area contributed by atoms with E-state index in [9.17, 15) is 0 Å². The Morgan fingerprint density at radius 1 is 1.50 bits per heavy atom. The number of thiocarbonyl (C=S) groups is 1. The van der Waals surface area contributed by atoms with E-state index >= 15 is 0 Å². The normalized spacial score (nSPS) is 10.0. The van der Waals surface area contributed by atoms with Crippen LogP contribution >= 0.6 is 12.2 Å². The maximum Gasteiger partial charge on any atom is 0.185 e. The first-order valence-corrected chi connectivity index (χ1v) is 5.30. The van der Waals surface area contributed by atoms with Crippen LogP contribution in [0.2, 0.25) is 0 Å². The van der Waals surface area contributed by atoms with E-state index in [1.807, 2.05) is 24.3 Å². The average Bonchev–Trinajstić information content (AvgIpc) is 2.70. The predicted octanol–water partition coefficient (Wildman–Crippen LogP) is 1.64. The van der Waals surface area contributed by atoms with Gasteiger partial charge in [-0.2, -0.15) is 0 Å². The monoisotopic (exact) mass is 232 g/mol. The Kier molecular flexibility index (Phi) is 3.16. The summed E-state index contributed by atoms with van der Waals surface area (Å²) in [6, 6.07) is 7.84. The zero-order valence-electron chi connectivity index (χ0n) is 8.68. The highest BCUT2D eigenvalue weighted by Gasteiger charge is 2.01. The van der Waals surface area contributed by atoms with Crippen molar-refractivity contribution in [2.45, 2.75) is 0 Å². The van der Waals surface area contributed by atoms with Crippen LogP contribution in [-0.4, -0.2) is 21.3 Å². The van der Waals surface area contributed by atoms with Gasteiger partial charge in [-0.15, -0.1) is 6.58 Å². The first kappa shape index (κ1) is 10.6. The minimum atomic E-state index is 0.544. The van der Waals surface area contributed by atoms with Crippen LogP contribution < -0.4 is 10.7 Å². The Morgan fingerprint density at radius 3 is 3.12 bits per heavy atom. The summed E-state index contributed by atoms with van der Waals surface area (Å²) in [6.07, 6.45) is 3.45. The molecule has 0 radical (unpaired) electrons. The van der Waals surface area contributed by atoms with E-state index in [1.165, 1.54) is 0 Å². The minimum absolute atomic E-state index is 0.544. The molecule has 2 rings (SSSR count). The molecule has 5 heteroatoms. The number of imidazole rings is 1. The number of para-hydroxylation sites is 2. The van der Waals surface area contributed by atoms with Gasteiger partial charge in [-0.3, -0.25) is 5.43 Å². The first-order valence-electron chi connectivity index (χ1n) is 4.89. The van der Waals surface area contributed by atoms with Gasteiger partial charge in [0.1, 0.15) is 6.33 Å². The largest absolute Gasteiger partial charge is 0.358 e. The highest BCUT2D eigenvalue weighted by Crippen LogP contribution is 2.09. The van der Waals surface area contributed by atoms with E-state index in [0.717, 1.165) is 11.0 Å². The standard InChI is InChI=1S/C11H12N4S/c1-2-7-12-11(16)14-15-8-13-9-5-3-4-6-10(9)15/h2-6,8H,1,7H2,(H2,12,14,16). The number of benzene rings is 1. The van der Waals surface area contributed by atoms with Crippen molar-refractivity contribution in [2.24, 2.45) is 0 Å². The Bertz CT molecular complexity index is 517. The number of nitrogens with one attached hydrogen (secondary N) is 2. The molecule has 1 aromatic heterocycles. The third kappa shape index (κ3) is 2.20. The van der Waals surface area contributed by atoms with E-state index in [0.29, 0.717) is 11.7 Å². The fourth-order valence-corrected chi connectivity index (χ4v) is 1.54. The van der Waals surface area contributed by atoms with Gasteiger partial charge in [0.05, 0.1) is 11.0 Å². The summed E-state index contributed by atoms with van der Waals surface area (Å²) in [5.74, 6) is 0. The van der Waals surface area contributed by atoms with Crippen molar-refractivity contribution in [3.05, 3.63) is 43.2 Å². The van der Waals surface area contributed by atoms with Crippen molar-refractivity contribution in [1.29, 1.82) is 0 Å². The molecule has 0 saturated carbocycles. The van der Waals surface area contributed by atoms with Gasteiger partial charge < -0.3 is 5.32 Å². The Balaban J connectivity index is 2.15. The second-order valence-corrected chi connectivity index (χ2v) is 3.62. The average molecular weight is 232 g/mol. The summed E-state index contributed by atoms with van der Waals surface area (Å²) in [5.41, 5.74) is 4.95. The lowest BCUT2D eigenvalue weighted by atomic mass is 10.3. The summed E-state index contributed by atoms with van der Waals surface area (Å²) < 4.78 is 1.79. The van der Waals surface area contributed by atoms with Crippen molar-refractivity contribution in [3.63, 3.8) is 0 Å². The molecule has 0 atom stereocenters. The molecule has 0 aliphatic heterocycles. The molecule has 0 amide bonds. The number of hydrogen-bond donors (Lipinski definition) is 2. The molecular weight excluding hydrogens is 220 g/mol. The van der Waals surface area contributed by atoms with Gasteiger partial charge in [-0.25, -0.2) is 9.66 Å². The van der Waals surface area contributed by atoms with Gasteiger partial charge in [0.25, 0.3) is 0 Å². The van der Waals surface area contributed by atoms with Crippen LogP contribution in [0, 0.1) is 0 Å². The number of hydrogen-bond acceptors (Lipinski definition) is 2. The highest BCUT2D eigenvalue weighted by molar-refractivity contribution is 7.80. The molecule has 82 valence electrons. The zero-order chi connectivity index (χ0) is 11.4. The molecule has 0 aliphatic rings. The summed E-state index contributed by atoms with van der Waals surface area (Å²) in [7, 11) is 0. The van der Waals surface area contributed by atoms with Crippen molar-refractivity contribution in [3.8, 4) is 0 Å². The van der Waals surface area contributed by atoms with Gasteiger partial charge in [-0.05, 0) is 24.4 Å². The van der Waals surface area contributed by atoms with Crippen LogP contribution in [0.1, 0.15) is 0 Å². The maximum atomic E-state index is 5.11. The lowest BCUT2D eigenvalue weighted by Crippen LogP contribution is -2.33. The smallest absolute Gasteiger partial charge is 0.185 e. The van der Waals surface area contributed by atoms with Crippen LogP contribution in [0.3, 0.4) is 0 Å². The summed E-state index contributed by atoms with van der Waals surface area (Å²) in [4.78, 5) is 4.24. The molecule has 2 N–H and O–H groups in total. The number of nitrogens with zero attached hydrogens (tertiary/aromatic N) is 2. The van der Waals surface area contributed by atoms with Crippen LogP contribution in [0.5, 0.6) is 0 Å². The fraction of sp³-hybridized carbons (Fsp3) is 0.0909. The lowest BCUT2D eigenvalue weighted by Gasteiger charge is -2.09. The van der Waals surface area contributed by atoms with Gasteiger partial charge in [-0.1, -0.05) is 18.2 Å². The minimum Gasteiger partial charge on any atom is -0.358 e. The molecule has 0 aliphatic carbocycles. The molecule has 2 aromatic rings. The van der Waals surface area contributed by atoms with Crippen molar-refractivity contribution in [2.75, 3.05) is 12.0 Å². The first-order chi connectivity index (χ1) is 7.81. The molecule has 0 saturated heterocycles. The maximum absolute atomic E-state index is 5.11. The van der Waals surface area contributed by atoms with E-state index in [-0.39, 0.29) is 0 Å². The topological polar surface area (TPSA) is 41.9 Å². The molecular formula is C11H12N4S. The van der Waals surface area contributed by atoms with E-state index < -0.39 is 0 Å². The molecule has 0 fully saturated rings. The van der Waals surface area contributed by atoms with Gasteiger partial charge in [0, 0.05) is 6.54 Å². The zero-order valence-corrected chi connectivity index (χ0v) is 9.50. The predicted molar refractivity (Wildman–Crippen MR) is 69.9 cm³/mol. The van der Waals surface area contributed by atoms with Crippen molar-refractivity contribution >= 4 is 28.4 Å². The molecule has 16 heavy (non-hydrogen) atoms. The summed E-state index contributed by atoms with van der Waals surface area (Å²) in [6.45, 7) is 4.25. The van der Waals surface area contributed by atoms with Gasteiger partial charge in [0.15, 0.2) is 5.11 Å². The number of rotatable bonds is 3. The molecule has 0 bridgehead atoms. The van der Waals surface area contributed by atoms with E-state index in [4.69, 9.17) is 12.2 Å². The fourth-order valence-electron chi connectivity index (χ4n) is 1.36. The molecule has 1 heterocycles. The quantitative estimate of drug-likeness (QED) is 0.623. The van der Waals surface area contributed by atoms with Gasteiger partial charge >= 0.3 is 0 Å². The Labute approximate surface area is 99.0 Å². The van der Waals surface area contributed by atoms with E-state index in [1.54, 1.807) is 17.1 Å². The van der Waals surface area contributed by atoms with E-state index in [2.05, 4.69) is 22.3 Å². The second kappa shape index (κ2) is 4.76. The van der Waals surface area contributed by atoms with Crippen LogP contribution in [0.4, 0.5) is 0 Å². The SMILES string of the molecule is C=CCNC(=S)Nn1cnc2ccccc21. The van der Waals surface area contributed by atoms with Crippen LogP contribution in [0.15, 0.2) is 43.2 Å². The van der Waals surface area contributed by atoms with Crippen molar-refractivity contribution in [1.82, 2.24) is 15.0 Å². The summed E-state index contributed by atoms with van der Waals surface area (Å²) in [5, 5.41) is 3.53. The Morgan fingerprint density at radius 2 is 2.31 bits per heavy atom. The number of fused-ring (bicyclic) bond motifs is 1. The lowest BCUT2D eigenvalue weighted by molar-refractivity contribution is 0.962. The third-order valence-electron chi connectivity index (χ3n) is 2.08. The molecule has 0 spiro atoms. The molecule has 0 unspecified atom stereocenters. The molecule has 4 nitrogen and oxygen atoms in total. The van der Waals surface area contributed by atoms with Crippen LogP contribution in [0.25, 0.3) is 11.0 Å². The molecule has 1 aromatic carbocycles. The van der Waals surface area contributed by atoms with Crippen LogP contribution in [-0.2, 0) is 0 Å². The number of aromatic nitrogens is 2. The van der Waals surface area contributed by atoms with Crippen molar-refractivity contribution < 1.29 is 0 Å². The third-order valence-corrected chi connectivity index (χ3v) is 2.32. The Hall–Kier alpha value is -1.88. The second-order valence-electron chi connectivity index (χ2n) is 3.21.